The largest absolute Gasteiger partial charge is 0.493 e. The molecule has 1 aromatic carbocycles. The van der Waals surface area contributed by atoms with Gasteiger partial charge in [-0.25, -0.2) is 0 Å². The van der Waals surface area contributed by atoms with Crippen molar-refractivity contribution in [2.45, 2.75) is 59.1 Å². The van der Waals surface area contributed by atoms with E-state index in [1.807, 2.05) is 13.8 Å². The second-order valence-corrected chi connectivity index (χ2v) is 7.36. The zero-order valence-corrected chi connectivity index (χ0v) is 16.7. The summed E-state index contributed by atoms with van der Waals surface area (Å²) in [5, 5.41) is 10.6. The molecule has 142 valence electrons. The Morgan fingerprint density at radius 2 is 1.80 bits per heavy atom. The monoisotopic (exact) mass is 349 g/mol. The summed E-state index contributed by atoms with van der Waals surface area (Å²) < 4.78 is 10.9. The summed E-state index contributed by atoms with van der Waals surface area (Å²) in [6.45, 7) is 10.5. The average Bonchev–Trinajstić information content (AvgIpc) is 2.62. The van der Waals surface area contributed by atoms with Crippen molar-refractivity contribution in [1.82, 2.24) is 4.90 Å². The molecule has 2 aliphatic heterocycles. The SMILES string of the molecule is CC.COc1cc2c(cc1OC)C1CC(O)C(CC(C)C)CN1CC2. The Morgan fingerprint density at radius 3 is 2.40 bits per heavy atom. The number of aliphatic hydroxyl groups excluding tert-OH is 1. The first-order chi connectivity index (χ1) is 12.0. The molecule has 1 fully saturated rings. The van der Waals surface area contributed by atoms with E-state index >= 15 is 0 Å². The van der Waals surface area contributed by atoms with Crippen molar-refractivity contribution in [3.05, 3.63) is 23.3 Å². The van der Waals surface area contributed by atoms with E-state index < -0.39 is 0 Å². The van der Waals surface area contributed by atoms with Gasteiger partial charge in [0.25, 0.3) is 0 Å². The van der Waals surface area contributed by atoms with Crippen molar-refractivity contribution in [3.63, 3.8) is 0 Å². The van der Waals surface area contributed by atoms with E-state index in [1.165, 1.54) is 11.1 Å². The molecule has 3 rings (SSSR count). The van der Waals surface area contributed by atoms with Crippen LogP contribution < -0.4 is 9.47 Å². The first-order valence-electron chi connectivity index (χ1n) is 9.70. The molecule has 0 aliphatic carbocycles. The fourth-order valence-corrected chi connectivity index (χ4v) is 4.26. The summed E-state index contributed by atoms with van der Waals surface area (Å²) in [6, 6.07) is 4.52. The smallest absolute Gasteiger partial charge is 0.161 e. The zero-order valence-electron chi connectivity index (χ0n) is 16.7. The van der Waals surface area contributed by atoms with Gasteiger partial charge in [0.05, 0.1) is 20.3 Å². The Labute approximate surface area is 153 Å². The lowest BCUT2D eigenvalue weighted by Gasteiger charge is -2.46. The summed E-state index contributed by atoms with van der Waals surface area (Å²) in [6.07, 6.45) is 2.75. The van der Waals surface area contributed by atoms with Crippen LogP contribution in [0.3, 0.4) is 0 Å². The van der Waals surface area contributed by atoms with Crippen molar-refractivity contribution in [1.29, 1.82) is 0 Å². The molecular formula is C21H35NO3. The number of methoxy groups -OCH3 is 2. The number of fused-ring (bicyclic) bond motifs is 3. The van der Waals surface area contributed by atoms with E-state index in [9.17, 15) is 5.11 Å². The van der Waals surface area contributed by atoms with Gasteiger partial charge in [0.1, 0.15) is 0 Å². The van der Waals surface area contributed by atoms with Crippen LogP contribution in [-0.2, 0) is 6.42 Å². The number of piperidine rings is 1. The molecule has 1 aromatic rings. The van der Waals surface area contributed by atoms with Crippen LogP contribution >= 0.6 is 0 Å². The van der Waals surface area contributed by atoms with Crippen LogP contribution in [-0.4, -0.2) is 43.4 Å². The lowest BCUT2D eigenvalue weighted by atomic mass is 9.79. The Morgan fingerprint density at radius 1 is 1.16 bits per heavy atom. The fraction of sp³-hybridized carbons (Fsp3) is 0.714. The van der Waals surface area contributed by atoms with Gasteiger partial charge >= 0.3 is 0 Å². The molecule has 2 aliphatic rings. The Hall–Kier alpha value is -1.26. The van der Waals surface area contributed by atoms with Gasteiger partial charge in [-0.2, -0.15) is 0 Å². The van der Waals surface area contributed by atoms with Gasteiger partial charge in [0, 0.05) is 19.1 Å². The summed E-state index contributed by atoms with van der Waals surface area (Å²) in [7, 11) is 3.36. The maximum atomic E-state index is 10.6. The maximum Gasteiger partial charge on any atom is 0.161 e. The van der Waals surface area contributed by atoms with Crippen LogP contribution in [0.4, 0.5) is 0 Å². The molecule has 4 heteroatoms. The molecule has 0 spiro atoms. The summed E-state index contributed by atoms with van der Waals surface area (Å²) in [5.74, 6) is 2.61. The van der Waals surface area contributed by atoms with Crippen molar-refractivity contribution < 1.29 is 14.6 Å². The lowest BCUT2D eigenvalue weighted by molar-refractivity contribution is -0.0191. The van der Waals surface area contributed by atoms with E-state index in [0.717, 1.165) is 43.9 Å². The molecule has 0 aromatic heterocycles. The minimum absolute atomic E-state index is 0.210. The second kappa shape index (κ2) is 8.91. The van der Waals surface area contributed by atoms with Crippen LogP contribution in [0, 0.1) is 11.8 Å². The van der Waals surface area contributed by atoms with Gasteiger partial charge in [0.15, 0.2) is 11.5 Å². The van der Waals surface area contributed by atoms with Gasteiger partial charge in [0.2, 0.25) is 0 Å². The van der Waals surface area contributed by atoms with E-state index in [0.29, 0.717) is 17.9 Å². The molecule has 0 radical (unpaired) electrons. The molecule has 25 heavy (non-hydrogen) atoms. The van der Waals surface area contributed by atoms with Crippen LogP contribution in [0.5, 0.6) is 11.5 Å². The summed E-state index contributed by atoms with van der Waals surface area (Å²) >= 11 is 0. The van der Waals surface area contributed by atoms with Crippen molar-refractivity contribution >= 4 is 0 Å². The molecule has 3 unspecified atom stereocenters. The highest BCUT2D eigenvalue weighted by atomic mass is 16.5. The molecule has 4 nitrogen and oxygen atoms in total. The fourth-order valence-electron chi connectivity index (χ4n) is 4.26. The van der Waals surface area contributed by atoms with Gasteiger partial charge in [-0.15, -0.1) is 0 Å². The van der Waals surface area contributed by atoms with Crippen LogP contribution in [0.25, 0.3) is 0 Å². The standard InChI is InChI=1S/C19H29NO3.C2H6/c1-12(2)7-14-11-20-6-5-13-8-18(22-3)19(23-4)9-15(13)16(20)10-17(14)21;1-2/h8-9,12,14,16-17,21H,5-7,10-11H2,1-4H3;1-2H3. The molecular weight excluding hydrogens is 314 g/mol. The number of rotatable bonds is 4. The van der Waals surface area contributed by atoms with E-state index in [1.54, 1.807) is 14.2 Å². The highest BCUT2D eigenvalue weighted by molar-refractivity contribution is 5.49. The van der Waals surface area contributed by atoms with Gasteiger partial charge in [-0.05, 0) is 54.4 Å². The van der Waals surface area contributed by atoms with E-state index in [4.69, 9.17) is 9.47 Å². The molecule has 0 bridgehead atoms. The second-order valence-electron chi connectivity index (χ2n) is 7.36. The quantitative estimate of drug-likeness (QED) is 0.890. The Balaban J connectivity index is 0.00000109. The highest BCUT2D eigenvalue weighted by Crippen LogP contribution is 2.43. The molecule has 1 saturated heterocycles. The maximum absolute atomic E-state index is 10.6. The molecule has 3 atom stereocenters. The molecule has 2 heterocycles. The van der Waals surface area contributed by atoms with Gasteiger partial charge in [-0.1, -0.05) is 27.7 Å². The molecule has 1 N–H and O–H groups in total. The minimum atomic E-state index is -0.210. The predicted molar refractivity (Wildman–Crippen MR) is 102 cm³/mol. The minimum Gasteiger partial charge on any atom is -0.493 e. The van der Waals surface area contributed by atoms with Gasteiger partial charge in [-0.3, -0.25) is 4.90 Å². The predicted octanol–water partition coefficient (Wildman–Crippen LogP) is 4.06. The number of ether oxygens (including phenoxy) is 2. The number of hydrogen-bond acceptors (Lipinski definition) is 4. The number of aliphatic hydroxyl groups is 1. The van der Waals surface area contributed by atoms with Crippen molar-refractivity contribution in [3.8, 4) is 11.5 Å². The van der Waals surface area contributed by atoms with E-state index in [2.05, 4.69) is 30.9 Å². The van der Waals surface area contributed by atoms with E-state index in [-0.39, 0.29) is 6.10 Å². The average molecular weight is 350 g/mol. The third kappa shape index (κ3) is 4.29. The lowest BCUT2D eigenvalue weighted by Crippen LogP contribution is -2.48. The van der Waals surface area contributed by atoms with Crippen molar-refractivity contribution in [2.24, 2.45) is 11.8 Å². The normalized spacial score (nSPS) is 25.5. The molecule has 0 amide bonds. The number of hydrogen-bond donors (Lipinski definition) is 1. The van der Waals surface area contributed by atoms with Gasteiger partial charge < -0.3 is 14.6 Å². The van der Waals surface area contributed by atoms with Crippen LogP contribution in [0.2, 0.25) is 0 Å². The summed E-state index contributed by atoms with van der Waals surface area (Å²) in [5.41, 5.74) is 2.63. The number of nitrogens with zero attached hydrogens (tertiary/aromatic N) is 1. The Kier molecular flexibility index (Phi) is 7.14. The first kappa shape index (κ1) is 20.1. The zero-order chi connectivity index (χ0) is 18.6. The number of benzene rings is 1. The third-order valence-corrected chi connectivity index (χ3v) is 5.37. The molecule has 0 saturated carbocycles. The third-order valence-electron chi connectivity index (χ3n) is 5.37. The highest BCUT2D eigenvalue weighted by Gasteiger charge is 2.38. The Bertz CT molecular complexity index is 558. The topological polar surface area (TPSA) is 41.9 Å². The van der Waals surface area contributed by atoms with Crippen LogP contribution in [0.15, 0.2) is 12.1 Å². The first-order valence-corrected chi connectivity index (χ1v) is 9.70. The van der Waals surface area contributed by atoms with Crippen molar-refractivity contribution in [2.75, 3.05) is 27.3 Å². The summed E-state index contributed by atoms with van der Waals surface area (Å²) in [4.78, 5) is 2.55. The van der Waals surface area contributed by atoms with Crippen LogP contribution in [0.1, 0.15) is 57.7 Å².